The van der Waals surface area contributed by atoms with Crippen molar-refractivity contribution in [1.82, 2.24) is 5.32 Å². The fourth-order valence-corrected chi connectivity index (χ4v) is 2.15. The lowest BCUT2D eigenvalue weighted by Gasteiger charge is -2.15. The molecule has 1 aromatic carbocycles. The maximum absolute atomic E-state index is 11.7. The number of amides is 1. The molecule has 1 aromatic rings. The largest absolute Gasteiger partial charge is 0.354 e. The summed E-state index contributed by atoms with van der Waals surface area (Å²) in [7, 11) is 0. The predicted molar refractivity (Wildman–Crippen MR) is 78.8 cm³/mol. The summed E-state index contributed by atoms with van der Waals surface area (Å²) < 4.78 is 0. The Hall–Kier alpha value is -1.00. The van der Waals surface area contributed by atoms with Gasteiger partial charge in [0.15, 0.2) is 0 Å². The predicted octanol–water partition coefficient (Wildman–Crippen LogP) is 1.99. The van der Waals surface area contributed by atoms with Crippen molar-refractivity contribution in [2.45, 2.75) is 25.3 Å². The first-order valence-electron chi connectivity index (χ1n) is 6.22. The smallest absolute Gasteiger partial charge is 0.236 e. The van der Waals surface area contributed by atoms with Crippen LogP contribution in [0.25, 0.3) is 0 Å². The van der Waals surface area contributed by atoms with Gasteiger partial charge in [0.05, 0.1) is 6.04 Å². The fraction of sp³-hybridized carbons (Fsp3) is 0.500. The minimum atomic E-state index is -0.388. The van der Waals surface area contributed by atoms with Gasteiger partial charge in [0.25, 0.3) is 0 Å². The van der Waals surface area contributed by atoms with Crippen molar-refractivity contribution >= 4 is 17.7 Å². The fourth-order valence-electron chi connectivity index (χ4n) is 1.66. The van der Waals surface area contributed by atoms with Gasteiger partial charge in [0.2, 0.25) is 5.91 Å². The Morgan fingerprint density at radius 2 is 2.06 bits per heavy atom. The van der Waals surface area contributed by atoms with E-state index in [2.05, 4.69) is 24.4 Å². The Labute approximate surface area is 114 Å². The van der Waals surface area contributed by atoms with Crippen LogP contribution in [0.5, 0.6) is 0 Å². The van der Waals surface area contributed by atoms with Crippen LogP contribution in [0.4, 0.5) is 0 Å². The molecular formula is C14H22N2OS. The quantitative estimate of drug-likeness (QED) is 0.793. The average Bonchev–Trinajstić information content (AvgIpc) is 2.42. The van der Waals surface area contributed by atoms with Crippen molar-refractivity contribution in [1.29, 1.82) is 0 Å². The number of carbonyl (C=O) groups is 1. The molecule has 0 saturated heterocycles. The molecule has 1 rings (SSSR count). The second-order valence-electron chi connectivity index (χ2n) is 4.44. The monoisotopic (exact) mass is 266 g/mol. The Bertz CT molecular complexity index is 356. The molecule has 18 heavy (non-hydrogen) atoms. The van der Waals surface area contributed by atoms with Gasteiger partial charge in [0.1, 0.15) is 0 Å². The molecule has 0 fully saturated rings. The van der Waals surface area contributed by atoms with Crippen molar-refractivity contribution < 1.29 is 4.79 Å². The Morgan fingerprint density at radius 1 is 1.39 bits per heavy atom. The van der Waals surface area contributed by atoms with E-state index in [1.54, 1.807) is 11.8 Å². The van der Waals surface area contributed by atoms with Crippen molar-refractivity contribution in [3.63, 3.8) is 0 Å². The molecule has 0 aliphatic carbocycles. The van der Waals surface area contributed by atoms with Gasteiger partial charge in [0, 0.05) is 6.54 Å². The van der Waals surface area contributed by atoms with E-state index >= 15 is 0 Å². The summed E-state index contributed by atoms with van der Waals surface area (Å²) in [6.07, 6.45) is 2.74. The molecule has 2 atom stereocenters. The molecule has 1 amide bonds. The molecule has 4 heteroatoms. The van der Waals surface area contributed by atoms with Crippen molar-refractivity contribution in [2.75, 3.05) is 18.6 Å². The molecule has 100 valence electrons. The first kappa shape index (κ1) is 15.1. The lowest BCUT2D eigenvalue weighted by Crippen LogP contribution is -2.42. The highest BCUT2D eigenvalue weighted by molar-refractivity contribution is 7.98. The maximum atomic E-state index is 11.7. The summed E-state index contributed by atoms with van der Waals surface area (Å²) >= 11 is 1.71. The summed E-state index contributed by atoms with van der Waals surface area (Å²) in [5.41, 5.74) is 7.03. The second kappa shape index (κ2) is 8.16. The van der Waals surface area contributed by atoms with Gasteiger partial charge in [-0.3, -0.25) is 4.79 Å². The van der Waals surface area contributed by atoms with Gasteiger partial charge < -0.3 is 11.1 Å². The number of nitrogens with two attached hydrogens (primary N) is 1. The molecule has 0 heterocycles. The molecule has 3 N–H and O–H groups in total. The first-order valence-corrected chi connectivity index (χ1v) is 7.61. The molecule has 1 unspecified atom stereocenters. The maximum Gasteiger partial charge on any atom is 0.236 e. The number of nitrogens with one attached hydrogen (secondary N) is 1. The van der Waals surface area contributed by atoms with Gasteiger partial charge in [-0.1, -0.05) is 37.3 Å². The van der Waals surface area contributed by atoms with Gasteiger partial charge >= 0.3 is 0 Å². The summed E-state index contributed by atoms with van der Waals surface area (Å²) in [5.74, 6) is 1.18. The van der Waals surface area contributed by atoms with Crippen LogP contribution in [0.15, 0.2) is 30.3 Å². The van der Waals surface area contributed by atoms with Crippen LogP contribution in [0, 0.1) is 0 Å². The number of benzene rings is 1. The zero-order valence-corrected chi connectivity index (χ0v) is 11.9. The van der Waals surface area contributed by atoms with E-state index in [4.69, 9.17) is 5.73 Å². The minimum absolute atomic E-state index is 0.0492. The van der Waals surface area contributed by atoms with E-state index in [0.717, 1.165) is 12.2 Å². The van der Waals surface area contributed by atoms with Crippen molar-refractivity contribution in [3.8, 4) is 0 Å². The van der Waals surface area contributed by atoms with Gasteiger partial charge in [-0.25, -0.2) is 0 Å². The van der Waals surface area contributed by atoms with Crippen LogP contribution >= 0.6 is 11.8 Å². The number of hydrogen-bond donors (Lipinski definition) is 2. The van der Waals surface area contributed by atoms with E-state index in [9.17, 15) is 4.79 Å². The summed E-state index contributed by atoms with van der Waals surface area (Å²) in [6, 6.07) is 9.78. The molecule has 0 spiro atoms. The topological polar surface area (TPSA) is 55.1 Å². The Kier molecular flexibility index (Phi) is 6.83. The second-order valence-corrected chi connectivity index (χ2v) is 5.43. The van der Waals surface area contributed by atoms with Crippen LogP contribution < -0.4 is 11.1 Å². The first-order chi connectivity index (χ1) is 8.65. The lowest BCUT2D eigenvalue weighted by atomic mass is 10.0. The van der Waals surface area contributed by atoms with Crippen molar-refractivity contribution in [3.05, 3.63) is 35.9 Å². The third-order valence-electron chi connectivity index (χ3n) is 2.92. The minimum Gasteiger partial charge on any atom is -0.354 e. The summed E-state index contributed by atoms with van der Waals surface area (Å²) in [4.78, 5) is 11.7. The standard InChI is InChI=1S/C14H22N2OS/c1-11(12-6-4-3-5-7-12)10-16-14(17)13(15)8-9-18-2/h3-7,11,13H,8-10,15H2,1-2H3,(H,16,17)/t11?,13-/m1/s1. The van der Waals surface area contributed by atoms with E-state index in [-0.39, 0.29) is 11.9 Å². The Morgan fingerprint density at radius 3 is 2.67 bits per heavy atom. The molecule has 0 saturated carbocycles. The van der Waals surface area contributed by atoms with Crippen LogP contribution in [-0.4, -0.2) is 30.5 Å². The molecule has 0 aromatic heterocycles. The molecule has 0 aliphatic heterocycles. The summed E-state index contributed by atoms with van der Waals surface area (Å²) in [5, 5.41) is 2.92. The lowest BCUT2D eigenvalue weighted by molar-refractivity contribution is -0.122. The number of carbonyl (C=O) groups excluding carboxylic acids is 1. The zero-order chi connectivity index (χ0) is 13.4. The van der Waals surface area contributed by atoms with Crippen LogP contribution in [0.1, 0.15) is 24.8 Å². The molecular weight excluding hydrogens is 244 g/mol. The highest BCUT2D eigenvalue weighted by Gasteiger charge is 2.13. The molecule has 0 bridgehead atoms. The van der Waals surface area contributed by atoms with Gasteiger partial charge in [-0.15, -0.1) is 0 Å². The zero-order valence-electron chi connectivity index (χ0n) is 11.1. The number of thioether (sulfide) groups is 1. The Balaban J connectivity index is 2.34. The SMILES string of the molecule is CSCC[C@@H](N)C(=O)NCC(C)c1ccccc1. The number of hydrogen-bond acceptors (Lipinski definition) is 3. The van der Waals surface area contributed by atoms with Crippen LogP contribution in [-0.2, 0) is 4.79 Å². The normalized spacial score (nSPS) is 13.9. The number of rotatable bonds is 7. The molecule has 0 radical (unpaired) electrons. The highest BCUT2D eigenvalue weighted by atomic mass is 32.2. The van der Waals surface area contributed by atoms with Crippen LogP contribution in [0.3, 0.4) is 0 Å². The average molecular weight is 266 g/mol. The van der Waals surface area contributed by atoms with Gasteiger partial charge in [-0.2, -0.15) is 11.8 Å². The highest BCUT2D eigenvalue weighted by Crippen LogP contribution is 2.13. The van der Waals surface area contributed by atoms with E-state index in [1.165, 1.54) is 5.56 Å². The van der Waals surface area contributed by atoms with Gasteiger partial charge in [-0.05, 0) is 29.9 Å². The molecule has 0 aliphatic rings. The van der Waals surface area contributed by atoms with E-state index < -0.39 is 0 Å². The van der Waals surface area contributed by atoms with E-state index in [1.807, 2.05) is 24.5 Å². The van der Waals surface area contributed by atoms with E-state index in [0.29, 0.717) is 12.5 Å². The summed E-state index contributed by atoms with van der Waals surface area (Å²) in [6.45, 7) is 2.73. The third-order valence-corrected chi connectivity index (χ3v) is 3.56. The third kappa shape index (κ3) is 5.10. The van der Waals surface area contributed by atoms with Crippen molar-refractivity contribution in [2.24, 2.45) is 5.73 Å². The van der Waals surface area contributed by atoms with Crippen LogP contribution in [0.2, 0.25) is 0 Å². The molecule has 3 nitrogen and oxygen atoms in total.